The summed E-state index contributed by atoms with van der Waals surface area (Å²) in [7, 11) is 0. The van der Waals surface area contributed by atoms with Crippen LogP contribution in [0.2, 0.25) is 5.15 Å². The topological polar surface area (TPSA) is 64.1 Å². The van der Waals surface area contributed by atoms with E-state index in [9.17, 15) is 13.6 Å². The lowest BCUT2D eigenvalue weighted by molar-refractivity contribution is -0.0498. The minimum Gasteiger partial charge on any atom is -0.435 e. The third kappa shape index (κ3) is 3.86. The Labute approximate surface area is 117 Å². The molecule has 0 fully saturated rings. The van der Waals surface area contributed by atoms with Gasteiger partial charge in [0.05, 0.1) is 12.4 Å². The summed E-state index contributed by atoms with van der Waals surface area (Å²) >= 11 is 5.63. The molecule has 1 heterocycles. The zero-order chi connectivity index (χ0) is 14.5. The molecule has 5 nitrogen and oxygen atoms in total. The number of hydrogen-bond donors (Lipinski definition) is 1. The van der Waals surface area contributed by atoms with E-state index in [0.29, 0.717) is 0 Å². The van der Waals surface area contributed by atoms with Crippen molar-refractivity contribution in [2.45, 2.75) is 6.61 Å². The Kier molecular flexibility index (Phi) is 4.41. The van der Waals surface area contributed by atoms with Gasteiger partial charge in [0, 0.05) is 5.56 Å². The van der Waals surface area contributed by atoms with Crippen molar-refractivity contribution in [1.29, 1.82) is 0 Å². The van der Waals surface area contributed by atoms with Gasteiger partial charge in [0.2, 0.25) is 0 Å². The van der Waals surface area contributed by atoms with Crippen LogP contribution in [-0.4, -0.2) is 22.5 Å². The fraction of sp³-hybridized carbons (Fsp3) is 0.0833. The number of alkyl halides is 2. The number of anilines is 1. The normalized spacial score (nSPS) is 10.4. The molecule has 1 aromatic carbocycles. The average molecular weight is 300 g/mol. The summed E-state index contributed by atoms with van der Waals surface area (Å²) < 4.78 is 28.1. The molecular weight excluding hydrogens is 292 g/mol. The van der Waals surface area contributed by atoms with Crippen LogP contribution in [0.5, 0.6) is 5.75 Å². The van der Waals surface area contributed by atoms with E-state index in [0.717, 1.165) is 0 Å². The number of benzene rings is 1. The highest BCUT2D eigenvalue weighted by atomic mass is 35.5. The highest BCUT2D eigenvalue weighted by Gasteiger charge is 2.09. The number of hydrogen-bond acceptors (Lipinski definition) is 4. The molecule has 0 saturated carbocycles. The SMILES string of the molecule is O=C(Nc1cncc(Cl)n1)c1ccc(OC(F)F)cc1. The summed E-state index contributed by atoms with van der Waals surface area (Å²) in [6, 6.07) is 5.24. The standard InChI is InChI=1S/C12H8ClF2N3O2/c13-9-5-16-6-10(17-9)18-11(19)7-1-3-8(4-2-7)20-12(14)15/h1-6,12H,(H,17,18,19). The molecule has 0 unspecified atom stereocenters. The number of rotatable bonds is 4. The van der Waals surface area contributed by atoms with Crippen molar-refractivity contribution < 1.29 is 18.3 Å². The van der Waals surface area contributed by atoms with Crippen molar-refractivity contribution in [2.24, 2.45) is 0 Å². The molecule has 1 aromatic heterocycles. The zero-order valence-corrected chi connectivity index (χ0v) is 10.6. The fourth-order valence-electron chi connectivity index (χ4n) is 1.38. The summed E-state index contributed by atoms with van der Waals surface area (Å²) in [6.07, 6.45) is 2.66. The number of nitrogens with zero attached hydrogens (tertiary/aromatic N) is 2. The molecule has 0 spiro atoms. The zero-order valence-electron chi connectivity index (χ0n) is 9.89. The molecule has 2 rings (SSSR count). The van der Waals surface area contributed by atoms with Crippen molar-refractivity contribution in [2.75, 3.05) is 5.32 Å². The van der Waals surface area contributed by atoms with Crippen LogP contribution in [0.15, 0.2) is 36.7 Å². The van der Waals surface area contributed by atoms with E-state index >= 15 is 0 Å². The molecule has 0 atom stereocenters. The minimum atomic E-state index is -2.91. The summed E-state index contributed by atoms with van der Waals surface area (Å²) in [6.45, 7) is -2.91. The highest BCUT2D eigenvalue weighted by molar-refractivity contribution is 6.29. The summed E-state index contributed by atoms with van der Waals surface area (Å²) in [5.74, 6) is -0.306. The first-order valence-corrected chi connectivity index (χ1v) is 5.76. The van der Waals surface area contributed by atoms with Gasteiger partial charge in [-0.15, -0.1) is 0 Å². The summed E-state index contributed by atoms with van der Waals surface area (Å²) in [5.41, 5.74) is 0.258. The van der Waals surface area contributed by atoms with Crippen LogP contribution in [0.1, 0.15) is 10.4 Å². The molecular formula is C12H8ClF2N3O2. The van der Waals surface area contributed by atoms with E-state index in [1.165, 1.54) is 36.7 Å². The molecule has 104 valence electrons. The number of carbonyl (C=O) groups excluding carboxylic acids is 1. The molecule has 2 aromatic rings. The maximum Gasteiger partial charge on any atom is 0.387 e. The predicted octanol–water partition coefficient (Wildman–Crippen LogP) is 2.98. The average Bonchev–Trinajstić information content (AvgIpc) is 2.38. The van der Waals surface area contributed by atoms with Gasteiger partial charge < -0.3 is 10.1 Å². The smallest absolute Gasteiger partial charge is 0.387 e. The Balaban J connectivity index is 2.06. The third-order valence-corrected chi connectivity index (χ3v) is 2.37. The molecule has 0 aliphatic rings. The molecule has 0 aliphatic heterocycles. The molecule has 0 bridgehead atoms. The Hall–Kier alpha value is -2.28. The van der Waals surface area contributed by atoms with Gasteiger partial charge in [-0.25, -0.2) is 4.98 Å². The van der Waals surface area contributed by atoms with Gasteiger partial charge in [0.1, 0.15) is 10.9 Å². The molecule has 0 radical (unpaired) electrons. The molecule has 1 N–H and O–H groups in total. The van der Waals surface area contributed by atoms with Crippen LogP contribution in [0.3, 0.4) is 0 Å². The number of carbonyl (C=O) groups is 1. The second-order valence-electron chi connectivity index (χ2n) is 3.58. The van der Waals surface area contributed by atoms with Crippen molar-refractivity contribution >= 4 is 23.3 Å². The van der Waals surface area contributed by atoms with Crippen LogP contribution in [-0.2, 0) is 0 Å². The van der Waals surface area contributed by atoms with E-state index in [-0.39, 0.29) is 22.3 Å². The van der Waals surface area contributed by atoms with Crippen LogP contribution < -0.4 is 10.1 Å². The molecule has 1 amide bonds. The first kappa shape index (κ1) is 14.1. The van der Waals surface area contributed by atoms with Crippen LogP contribution in [0, 0.1) is 0 Å². The Morgan fingerprint density at radius 3 is 2.55 bits per heavy atom. The van der Waals surface area contributed by atoms with Gasteiger partial charge in [-0.2, -0.15) is 8.78 Å². The third-order valence-electron chi connectivity index (χ3n) is 2.19. The predicted molar refractivity (Wildman–Crippen MR) is 68.1 cm³/mol. The first-order valence-electron chi connectivity index (χ1n) is 5.38. The van der Waals surface area contributed by atoms with Gasteiger partial charge >= 0.3 is 6.61 Å². The van der Waals surface area contributed by atoms with Crippen LogP contribution >= 0.6 is 11.6 Å². The second-order valence-corrected chi connectivity index (χ2v) is 3.97. The van der Waals surface area contributed by atoms with E-state index in [4.69, 9.17) is 11.6 Å². The largest absolute Gasteiger partial charge is 0.435 e. The lowest BCUT2D eigenvalue weighted by Crippen LogP contribution is -2.13. The number of amides is 1. The van der Waals surface area contributed by atoms with Crippen LogP contribution in [0.25, 0.3) is 0 Å². The van der Waals surface area contributed by atoms with Crippen molar-refractivity contribution in [3.8, 4) is 5.75 Å². The van der Waals surface area contributed by atoms with E-state index < -0.39 is 12.5 Å². The van der Waals surface area contributed by atoms with Crippen molar-refractivity contribution in [3.63, 3.8) is 0 Å². The quantitative estimate of drug-likeness (QED) is 0.942. The fourth-order valence-corrected chi connectivity index (χ4v) is 1.53. The Morgan fingerprint density at radius 1 is 1.25 bits per heavy atom. The maximum atomic E-state index is 12.0. The number of ether oxygens (including phenoxy) is 1. The van der Waals surface area contributed by atoms with E-state index in [1.807, 2.05) is 0 Å². The Morgan fingerprint density at radius 2 is 1.95 bits per heavy atom. The van der Waals surface area contributed by atoms with Gasteiger partial charge in [-0.05, 0) is 24.3 Å². The van der Waals surface area contributed by atoms with Gasteiger partial charge in [0.15, 0.2) is 5.82 Å². The first-order chi connectivity index (χ1) is 9.54. The van der Waals surface area contributed by atoms with Crippen molar-refractivity contribution in [1.82, 2.24) is 9.97 Å². The van der Waals surface area contributed by atoms with Gasteiger partial charge in [-0.3, -0.25) is 9.78 Å². The summed E-state index contributed by atoms with van der Waals surface area (Å²) in [4.78, 5) is 19.5. The lowest BCUT2D eigenvalue weighted by atomic mass is 10.2. The number of halogens is 3. The van der Waals surface area contributed by atoms with E-state index in [2.05, 4.69) is 20.0 Å². The maximum absolute atomic E-state index is 12.0. The summed E-state index contributed by atoms with van der Waals surface area (Å²) in [5, 5.41) is 2.62. The molecule has 0 aliphatic carbocycles. The molecule has 0 saturated heterocycles. The number of nitrogens with one attached hydrogen (secondary N) is 1. The lowest BCUT2D eigenvalue weighted by Gasteiger charge is -2.06. The van der Waals surface area contributed by atoms with Gasteiger partial charge in [-0.1, -0.05) is 11.6 Å². The van der Waals surface area contributed by atoms with Crippen molar-refractivity contribution in [3.05, 3.63) is 47.4 Å². The number of aromatic nitrogens is 2. The Bertz CT molecular complexity index is 608. The second kappa shape index (κ2) is 6.25. The monoisotopic (exact) mass is 299 g/mol. The van der Waals surface area contributed by atoms with E-state index in [1.54, 1.807) is 0 Å². The highest BCUT2D eigenvalue weighted by Crippen LogP contribution is 2.16. The molecule has 20 heavy (non-hydrogen) atoms. The van der Waals surface area contributed by atoms with Crippen LogP contribution in [0.4, 0.5) is 14.6 Å². The minimum absolute atomic E-state index is 0.0286. The molecule has 8 heteroatoms. The van der Waals surface area contributed by atoms with Gasteiger partial charge in [0.25, 0.3) is 5.91 Å².